The van der Waals surface area contributed by atoms with E-state index >= 15 is 0 Å². The van der Waals surface area contributed by atoms with Crippen molar-refractivity contribution in [1.29, 1.82) is 0 Å². The van der Waals surface area contributed by atoms with Crippen LogP contribution in [-0.2, 0) is 25.4 Å². The molecule has 1 unspecified atom stereocenters. The monoisotopic (exact) mass is 472 g/mol. The Bertz CT molecular complexity index is 1010. The smallest absolute Gasteiger partial charge is 0.180 e. The molecule has 13 heteroatoms. The number of phenols is 1. The van der Waals surface area contributed by atoms with Crippen molar-refractivity contribution in [3.63, 3.8) is 0 Å². The molecule has 0 aliphatic carbocycles. The Morgan fingerprint density at radius 2 is 1.68 bits per heavy atom. The van der Waals surface area contributed by atoms with Gasteiger partial charge in [0.25, 0.3) is 0 Å². The van der Waals surface area contributed by atoms with E-state index in [1.54, 1.807) is 11.0 Å². The molecule has 1 atom stereocenters. The fraction of sp³-hybridized carbons (Fsp3) is 0.333. The Labute approximate surface area is 182 Å². The molecule has 31 heavy (non-hydrogen) atoms. The molecule has 11 nitrogen and oxygen atoms in total. The first kappa shape index (κ1) is 24.8. The standard InChI is InChI=1S/C18H23N3O8S2/c22-9-7-21(8-10-23)15-3-6-17(18(24)13-15)20-19-14-1-4-16(5-2-14)31(27,28)12-11-29-30(25)26/h1-6,13,22-24H,7-12H2,(H,25,26)/p-1. The zero-order valence-electron chi connectivity index (χ0n) is 16.3. The Hall–Kier alpha value is -2.42. The lowest BCUT2D eigenvalue weighted by Crippen LogP contribution is -2.29. The predicted octanol–water partition coefficient (Wildman–Crippen LogP) is 1.18. The summed E-state index contributed by atoms with van der Waals surface area (Å²) in [6.07, 6.45) is 0. The minimum absolute atomic E-state index is 0.0215. The first-order valence-corrected chi connectivity index (χ1v) is 11.7. The topological polar surface area (TPSA) is 172 Å². The van der Waals surface area contributed by atoms with E-state index < -0.39 is 33.6 Å². The molecule has 0 aromatic heterocycles. The van der Waals surface area contributed by atoms with Gasteiger partial charge in [-0.1, -0.05) is 0 Å². The number of aliphatic hydroxyl groups is 2. The van der Waals surface area contributed by atoms with Gasteiger partial charge in [-0.3, -0.25) is 4.18 Å². The van der Waals surface area contributed by atoms with Crippen LogP contribution < -0.4 is 4.90 Å². The number of nitrogens with zero attached hydrogens (tertiary/aromatic N) is 3. The quantitative estimate of drug-likeness (QED) is 0.303. The van der Waals surface area contributed by atoms with Gasteiger partial charge < -0.3 is 24.8 Å². The van der Waals surface area contributed by atoms with E-state index in [4.69, 9.17) is 10.2 Å². The number of phenolic OH excluding ortho intramolecular Hbond substituents is 1. The third kappa shape index (κ3) is 7.65. The molecule has 0 heterocycles. The van der Waals surface area contributed by atoms with Crippen LogP contribution in [0.5, 0.6) is 5.75 Å². The summed E-state index contributed by atoms with van der Waals surface area (Å²) in [5.41, 5.74) is 1.11. The van der Waals surface area contributed by atoms with E-state index in [1.165, 1.54) is 36.4 Å². The van der Waals surface area contributed by atoms with Crippen LogP contribution >= 0.6 is 0 Å². The van der Waals surface area contributed by atoms with Gasteiger partial charge >= 0.3 is 0 Å². The van der Waals surface area contributed by atoms with E-state index in [2.05, 4.69) is 14.4 Å². The number of anilines is 1. The van der Waals surface area contributed by atoms with Crippen LogP contribution in [0.1, 0.15) is 0 Å². The van der Waals surface area contributed by atoms with Crippen molar-refractivity contribution in [2.75, 3.05) is 43.6 Å². The highest BCUT2D eigenvalue weighted by molar-refractivity contribution is 7.91. The molecule has 0 aliphatic rings. The molecule has 2 aromatic rings. The van der Waals surface area contributed by atoms with Crippen molar-refractivity contribution in [3.05, 3.63) is 42.5 Å². The molecular formula is C18H22N3O8S2-. The van der Waals surface area contributed by atoms with Gasteiger partial charge in [0.1, 0.15) is 11.4 Å². The van der Waals surface area contributed by atoms with Crippen LogP contribution in [0, 0.1) is 0 Å². The van der Waals surface area contributed by atoms with Gasteiger partial charge in [0.15, 0.2) is 9.84 Å². The number of aromatic hydroxyl groups is 1. The van der Waals surface area contributed by atoms with Gasteiger partial charge in [-0.05, 0) is 36.4 Å². The maximum Gasteiger partial charge on any atom is 0.180 e. The molecule has 0 saturated carbocycles. The molecule has 0 bridgehead atoms. The second kappa shape index (κ2) is 11.8. The second-order valence-electron chi connectivity index (χ2n) is 6.15. The lowest BCUT2D eigenvalue weighted by atomic mass is 10.2. The summed E-state index contributed by atoms with van der Waals surface area (Å²) in [4.78, 5) is 1.67. The van der Waals surface area contributed by atoms with Crippen LogP contribution in [-0.4, -0.2) is 71.2 Å². The first-order chi connectivity index (χ1) is 14.8. The third-order valence-electron chi connectivity index (χ3n) is 4.06. The molecular weight excluding hydrogens is 450 g/mol. The summed E-state index contributed by atoms with van der Waals surface area (Å²) in [5, 5.41) is 36.3. The fourth-order valence-electron chi connectivity index (χ4n) is 2.57. The molecule has 170 valence electrons. The summed E-state index contributed by atoms with van der Waals surface area (Å²) in [7, 11) is -3.72. The molecule has 0 spiro atoms. The van der Waals surface area contributed by atoms with Crippen LogP contribution in [0.3, 0.4) is 0 Å². The summed E-state index contributed by atoms with van der Waals surface area (Å²) >= 11 is -2.78. The molecule has 0 saturated heterocycles. The van der Waals surface area contributed by atoms with Gasteiger partial charge in [0, 0.05) is 24.8 Å². The Balaban J connectivity index is 2.09. The number of hydrogen-bond acceptors (Lipinski definition) is 11. The summed E-state index contributed by atoms with van der Waals surface area (Å²) < 4.78 is 49.1. The Kier molecular flexibility index (Phi) is 9.48. The Morgan fingerprint density at radius 3 is 2.23 bits per heavy atom. The van der Waals surface area contributed by atoms with Crippen molar-refractivity contribution in [2.45, 2.75) is 4.90 Å². The van der Waals surface area contributed by atoms with Crippen LogP contribution in [0.25, 0.3) is 0 Å². The zero-order chi connectivity index (χ0) is 22.9. The molecule has 2 aromatic carbocycles. The zero-order valence-corrected chi connectivity index (χ0v) is 18.0. The lowest BCUT2D eigenvalue weighted by molar-refractivity contribution is 0.281. The molecule has 0 aliphatic heterocycles. The van der Waals surface area contributed by atoms with Gasteiger partial charge in [-0.15, -0.1) is 5.11 Å². The number of azo groups is 1. The largest absolute Gasteiger partial charge is 0.750 e. The number of sulfone groups is 1. The Morgan fingerprint density at radius 1 is 1.03 bits per heavy atom. The average Bonchev–Trinajstić information content (AvgIpc) is 2.72. The highest BCUT2D eigenvalue weighted by Crippen LogP contribution is 2.32. The van der Waals surface area contributed by atoms with Gasteiger partial charge in [-0.25, -0.2) is 12.6 Å². The van der Waals surface area contributed by atoms with Crippen LogP contribution in [0.2, 0.25) is 0 Å². The number of rotatable bonds is 12. The van der Waals surface area contributed by atoms with Crippen LogP contribution in [0.4, 0.5) is 17.1 Å². The fourth-order valence-corrected chi connectivity index (χ4v) is 3.98. The molecule has 0 radical (unpaired) electrons. The lowest BCUT2D eigenvalue weighted by Gasteiger charge is -2.23. The highest BCUT2D eigenvalue weighted by Gasteiger charge is 2.14. The minimum Gasteiger partial charge on any atom is -0.750 e. The van der Waals surface area contributed by atoms with Gasteiger partial charge in [0.05, 0.1) is 47.5 Å². The molecule has 2 rings (SSSR count). The highest BCUT2D eigenvalue weighted by atomic mass is 32.2. The van der Waals surface area contributed by atoms with Crippen molar-refractivity contribution >= 4 is 38.3 Å². The first-order valence-electron chi connectivity index (χ1n) is 9.03. The third-order valence-corrected chi connectivity index (χ3v) is 6.12. The maximum absolute atomic E-state index is 12.1. The van der Waals surface area contributed by atoms with E-state index in [1.807, 2.05) is 0 Å². The summed E-state index contributed by atoms with van der Waals surface area (Å²) in [6.45, 7) is -0.130. The maximum atomic E-state index is 12.1. The van der Waals surface area contributed by atoms with E-state index in [0.29, 0.717) is 11.4 Å². The van der Waals surface area contributed by atoms with E-state index in [0.717, 1.165) is 0 Å². The number of hydrogen-bond donors (Lipinski definition) is 3. The van der Waals surface area contributed by atoms with Crippen LogP contribution in [0.15, 0.2) is 57.6 Å². The minimum atomic E-state index is -3.72. The van der Waals surface area contributed by atoms with Crippen molar-refractivity contribution in [2.24, 2.45) is 10.2 Å². The molecule has 0 fully saturated rings. The van der Waals surface area contributed by atoms with Crippen molar-refractivity contribution < 1.29 is 36.7 Å². The van der Waals surface area contributed by atoms with Gasteiger partial charge in [0.2, 0.25) is 0 Å². The van der Waals surface area contributed by atoms with Crippen molar-refractivity contribution in [1.82, 2.24) is 0 Å². The number of benzene rings is 2. The van der Waals surface area contributed by atoms with Crippen molar-refractivity contribution in [3.8, 4) is 5.75 Å². The summed E-state index contributed by atoms with van der Waals surface area (Å²) in [6, 6.07) is 10.1. The second-order valence-corrected chi connectivity index (χ2v) is 8.90. The molecule has 3 N–H and O–H groups in total. The summed E-state index contributed by atoms with van der Waals surface area (Å²) in [5.74, 6) is -0.650. The molecule has 0 amide bonds. The normalized spacial score (nSPS) is 12.9. The SMILES string of the molecule is O=S([O-])OCCS(=O)(=O)c1ccc(N=Nc2ccc(N(CCO)CCO)cc2O)cc1. The van der Waals surface area contributed by atoms with Gasteiger partial charge in [-0.2, -0.15) is 5.11 Å². The predicted molar refractivity (Wildman–Crippen MR) is 112 cm³/mol. The number of aliphatic hydroxyl groups excluding tert-OH is 2. The average molecular weight is 473 g/mol. The van der Waals surface area contributed by atoms with E-state index in [9.17, 15) is 22.3 Å². The van der Waals surface area contributed by atoms with E-state index in [-0.39, 0.29) is 42.6 Å².